The van der Waals surface area contributed by atoms with Crippen molar-refractivity contribution in [3.8, 4) is 0 Å². The van der Waals surface area contributed by atoms with Crippen molar-refractivity contribution in [2.75, 3.05) is 0 Å². The molecule has 0 aliphatic rings. The van der Waals surface area contributed by atoms with E-state index in [1.54, 1.807) is 0 Å². The van der Waals surface area contributed by atoms with Crippen LogP contribution in [0.5, 0.6) is 0 Å². The van der Waals surface area contributed by atoms with E-state index in [9.17, 15) is 0 Å². The van der Waals surface area contributed by atoms with Crippen LogP contribution in [0.3, 0.4) is 0 Å². The van der Waals surface area contributed by atoms with Crippen LogP contribution in [0, 0.1) is 0 Å². The molecule has 0 radical (unpaired) electrons. The van der Waals surface area contributed by atoms with Gasteiger partial charge in [0, 0.05) is 0 Å². The molecule has 8 heavy (non-hydrogen) atoms. The van der Waals surface area contributed by atoms with Gasteiger partial charge in [-0.1, -0.05) is 26.3 Å². The summed E-state index contributed by atoms with van der Waals surface area (Å²) in [5.74, 6) is 0. The second kappa shape index (κ2) is 17.0. The van der Waals surface area contributed by atoms with Crippen LogP contribution in [0.1, 0.15) is 0 Å². The SMILES string of the molecule is C=C=C.C=COC=C. The molecule has 0 aromatic rings. The maximum atomic E-state index is 4.36. The van der Waals surface area contributed by atoms with E-state index in [2.05, 4.69) is 36.8 Å². The van der Waals surface area contributed by atoms with Crippen molar-refractivity contribution in [2.45, 2.75) is 0 Å². The molecule has 0 bridgehead atoms. The number of hydrogen-bond acceptors (Lipinski definition) is 1. The van der Waals surface area contributed by atoms with Gasteiger partial charge in [-0.15, -0.1) is 5.73 Å². The van der Waals surface area contributed by atoms with Gasteiger partial charge < -0.3 is 4.74 Å². The summed E-state index contributed by atoms with van der Waals surface area (Å²) in [6, 6.07) is 0. The Morgan fingerprint density at radius 3 is 1.38 bits per heavy atom. The molecule has 0 aliphatic heterocycles. The van der Waals surface area contributed by atoms with Gasteiger partial charge in [0.1, 0.15) is 0 Å². The normalized spacial score (nSPS) is 4.50. The van der Waals surface area contributed by atoms with Crippen molar-refractivity contribution in [1.82, 2.24) is 0 Å². The van der Waals surface area contributed by atoms with E-state index in [0.29, 0.717) is 0 Å². The predicted octanol–water partition coefficient (Wildman–Crippen LogP) is 2.25. The first-order valence-electron chi connectivity index (χ1n) is 2.00. The fraction of sp³-hybridized carbons (Fsp3) is 0. The van der Waals surface area contributed by atoms with Gasteiger partial charge in [-0.25, -0.2) is 0 Å². The van der Waals surface area contributed by atoms with Crippen LogP contribution in [0.4, 0.5) is 0 Å². The first-order valence-corrected chi connectivity index (χ1v) is 2.00. The summed E-state index contributed by atoms with van der Waals surface area (Å²) in [4.78, 5) is 0. The van der Waals surface area contributed by atoms with Crippen LogP contribution in [0.2, 0.25) is 0 Å². The second-order valence-electron chi connectivity index (χ2n) is 0.719. The van der Waals surface area contributed by atoms with E-state index in [1.807, 2.05) is 0 Å². The minimum Gasteiger partial charge on any atom is -0.474 e. The van der Waals surface area contributed by atoms with E-state index in [0.717, 1.165) is 0 Å². The van der Waals surface area contributed by atoms with Crippen molar-refractivity contribution in [2.24, 2.45) is 0 Å². The van der Waals surface area contributed by atoms with Crippen molar-refractivity contribution in [3.05, 3.63) is 44.6 Å². The van der Waals surface area contributed by atoms with Crippen LogP contribution >= 0.6 is 0 Å². The maximum Gasteiger partial charge on any atom is 0.0829 e. The van der Waals surface area contributed by atoms with Gasteiger partial charge >= 0.3 is 0 Å². The lowest BCUT2D eigenvalue weighted by Crippen LogP contribution is -1.52. The zero-order valence-electron chi connectivity index (χ0n) is 4.89. The predicted molar refractivity (Wildman–Crippen MR) is 36.2 cm³/mol. The average Bonchev–Trinajstić information content (AvgIpc) is 1.71. The Balaban J connectivity index is 0. The molecule has 0 fully saturated rings. The number of rotatable bonds is 2. The highest BCUT2D eigenvalue weighted by molar-refractivity contribution is 4.57. The minimum atomic E-state index is 1.31. The smallest absolute Gasteiger partial charge is 0.0829 e. The highest BCUT2D eigenvalue weighted by Gasteiger charge is 1.45. The Morgan fingerprint density at radius 2 is 1.38 bits per heavy atom. The number of ether oxygens (including phenoxy) is 1. The molecule has 1 heteroatoms. The van der Waals surface area contributed by atoms with E-state index in [-0.39, 0.29) is 0 Å². The van der Waals surface area contributed by atoms with E-state index in [1.165, 1.54) is 12.5 Å². The van der Waals surface area contributed by atoms with E-state index >= 15 is 0 Å². The van der Waals surface area contributed by atoms with Gasteiger partial charge in [-0.2, -0.15) is 0 Å². The Kier molecular flexibility index (Phi) is 21.2. The zero-order chi connectivity index (χ0) is 6.83. The molecule has 0 saturated heterocycles. The molecule has 0 unspecified atom stereocenters. The van der Waals surface area contributed by atoms with E-state index < -0.39 is 0 Å². The molecule has 0 aliphatic carbocycles. The summed E-state index contributed by atoms with van der Waals surface area (Å²) >= 11 is 0. The molecular weight excluding hydrogens is 100 g/mol. The van der Waals surface area contributed by atoms with Gasteiger partial charge in [0.2, 0.25) is 0 Å². The average molecular weight is 110 g/mol. The zero-order valence-corrected chi connectivity index (χ0v) is 4.89. The lowest BCUT2D eigenvalue weighted by molar-refractivity contribution is 0.406. The van der Waals surface area contributed by atoms with Crippen LogP contribution in [0.25, 0.3) is 0 Å². The third-order valence-electron chi connectivity index (χ3n) is 0.192. The van der Waals surface area contributed by atoms with Crippen LogP contribution < -0.4 is 0 Å². The first kappa shape index (κ1) is 9.93. The monoisotopic (exact) mass is 110 g/mol. The molecule has 1 nitrogen and oxygen atoms in total. The lowest BCUT2D eigenvalue weighted by atomic mass is 11.0. The van der Waals surface area contributed by atoms with Gasteiger partial charge in [0.25, 0.3) is 0 Å². The van der Waals surface area contributed by atoms with E-state index in [4.69, 9.17) is 0 Å². The summed E-state index contributed by atoms with van der Waals surface area (Å²) in [5, 5.41) is 0. The third-order valence-corrected chi connectivity index (χ3v) is 0.192. The van der Waals surface area contributed by atoms with Gasteiger partial charge in [-0.05, 0) is 0 Å². The molecule has 0 aromatic carbocycles. The Morgan fingerprint density at radius 1 is 1.12 bits per heavy atom. The molecule has 0 N–H and O–H groups in total. The fourth-order valence-electron chi connectivity index (χ4n) is 0.0680. The molecule has 0 rings (SSSR count). The summed E-state index contributed by atoms with van der Waals surface area (Å²) in [5.41, 5.74) is 2.25. The van der Waals surface area contributed by atoms with Crippen molar-refractivity contribution < 1.29 is 4.74 Å². The Bertz CT molecular complexity index is 80.6. The lowest BCUT2D eigenvalue weighted by Gasteiger charge is -1.76. The summed E-state index contributed by atoms with van der Waals surface area (Å²) in [7, 11) is 0. The topological polar surface area (TPSA) is 9.23 Å². The van der Waals surface area contributed by atoms with Crippen molar-refractivity contribution >= 4 is 0 Å². The largest absolute Gasteiger partial charge is 0.474 e. The van der Waals surface area contributed by atoms with Crippen molar-refractivity contribution in [3.63, 3.8) is 0 Å². The van der Waals surface area contributed by atoms with Crippen LogP contribution in [0.15, 0.2) is 44.6 Å². The maximum absolute atomic E-state index is 4.36. The molecule has 0 spiro atoms. The summed E-state index contributed by atoms with van der Waals surface area (Å²) < 4.78 is 4.36. The molecular formula is C7H10O. The summed E-state index contributed by atoms with van der Waals surface area (Å²) in [6.07, 6.45) is 2.62. The highest BCUT2D eigenvalue weighted by atomic mass is 16.5. The summed E-state index contributed by atoms with van der Waals surface area (Å²) in [6.45, 7) is 12.8. The van der Waals surface area contributed by atoms with Crippen LogP contribution in [-0.2, 0) is 4.74 Å². The van der Waals surface area contributed by atoms with Crippen molar-refractivity contribution in [1.29, 1.82) is 0 Å². The highest BCUT2D eigenvalue weighted by Crippen LogP contribution is 1.65. The molecule has 0 saturated carbocycles. The first-order chi connectivity index (χ1) is 3.83. The molecule has 44 valence electrons. The molecule has 0 aromatic heterocycles. The van der Waals surface area contributed by atoms with Gasteiger partial charge in [0.15, 0.2) is 0 Å². The van der Waals surface area contributed by atoms with Crippen LogP contribution in [-0.4, -0.2) is 0 Å². The molecule has 0 amide bonds. The Hall–Kier alpha value is -1.20. The fourth-order valence-corrected chi connectivity index (χ4v) is 0.0680. The standard InChI is InChI=1S/C4H6O.C3H4/c1-3-5-4-2;1-3-2/h3-4H,1-2H2;1-2H2. The number of hydrogen-bond donors (Lipinski definition) is 0. The minimum absolute atomic E-state index is 1.31. The molecule has 0 heterocycles. The second-order valence-corrected chi connectivity index (χ2v) is 0.719. The third kappa shape index (κ3) is 108. The Labute approximate surface area is 50.3 Å². The van der Waals surface area contributed by atoms with Gasteiger partial charge in [0.05, 0.1) is 12.5 Å². The molecule has 0 atom stereocenters. The quantitative estimate of drug-likeness (QED) is 0.391. The van der Waals surface area contributed by atoms with Gasteiger partial charge in [-0.3, -0.25) is 0 Å².